The minimum atomic E-state index is -3.73. The molecule has 1 fully saturated rings. The van der Waals surface area contributed by atoms with Crippen LogP contribution >= 0.6 is 11.3 Å². The maximum atomic E-state index is 13.1. The largest absolute Gasteiger partial charge is 0.490 e. The molecule has 9 nitrogen and oxygen atoms in total. The summed E-state index contributed by atoms with van der Waals surface area (Å²) >= 11 is 1.53. The van der Waals surface area contributed by atoms with Gasteiger partial charge in [-0.1, -0.05) is 6.07 Å². The number of carbonyl (C=O) groups excluding carboxylic acids is 2. The standard InChI is InChI=1S/C22H26N2O7S2/c25-21(23-14-17-3-1-12-32-17)15-31-22(26)16-6-8-24(9-7-16)33(27,28)18-4-5-19-20(13-18)30-11-2-10-29-19/h1,3-5,12-13,16H,2,6-11,14-15H2,(H,23,25). The van der Waals surface area contributed by atoms with Crippen LogP contribution in [0, 0.1) is 5.92 Å². The predicted molar refractivity (Wildman–Crippen MR) is 121 cm³/mol. The number of nitrogens with one attached hydrogen (secondary N) is 1. The third-order valence-corrected chi connectivity index (χ3v) is 8.30. The number of amides is 1. The van der Waals surface area contributed by atoms with Crippen LogP contribution in [-0.2, 0) is 30.9 Å². The van der Waals surface area contributed by atoms with Gasteiger partial charge in [-0.3, -0.25) is 9.59 Å². The molecule has 3 heterocycles. The van der Waals surface area contributed by atoms with Crippen molar-refractivity contribution >= 4 is 33.2 Å². The van der Waals surface area contributed by atoms with Crippen molar-refractivity contribution in [2.75, 3.05) is 32.9 Å². The first-order valence-corrected chi connectivity index (χ1v) is 13.1. The number of benzene rings is 1. The number of piperidine rings is 1. The molecule has 1 N–H and O–H groups in total. The number of esters is 1. The summed E-state index contributed by atoms with van der Waals surface area (Å²) in [6.07, 6.45) is 1.40. The summed E-state index contributed by atoms with van der Waals surface area (Å²) in [6, 6.07) is 8.42. The van der Waals surface area contributed by atoms with Crippen molar-refractivity contribution in [1.82, 2.24) is 9.62 Å². The SMILES string of the molecule is O=C(COC(=O)C1CCN(S(=O)(=O)c2ccc3c(c2)OCCCO3)CC1)NCc1cccs1. The maximum Gasteiger partial charge on any atom is 0.309 e. The number of sulfonamides is 1. The van der Waals surface area contributed by atoms with E-state index in [1.807, 2.05) is 17.5 Å². The quantitative estimate of drug-likeness (QED) is 0.587. The molecule has 33 heavy (non-hydrogen) atoms. The lowest BCUT2D eigenvalue weighted by Gasteiger charge is -2.30. The Hall–Kier alpha value is -2.63. The van der Waals surface area contributed by atoms with Gasteiger partial charge in [0.15, 0.2) is 18.1 Å². The van der Waals surface area contributed by atoms with Crippen molar-refractivity contribution in [2.24, 2.45) is 5.92 Å². The summed E-state index contributed by atoms with van der Waals surface area (Å²) in [5.41, 5.74) is 0. The lowest BCUT2D eigenvalue weighted by Crippen LogP contribution is -2.41. The van der Waals surface area contributed by atoms with E-state index in [0.29, 0.717) is 44.1 Å². The lowest BCUT2D eigenvalue weighted by atomic mass is 9.98. The van der Waals surface area contributed by atoms with Crippen LogP contribution in [0.25, 0.3) is 0 Å². The Morgan fingerprint density at radius 1 is 1.12 bits per heavy atom. The first-order chi connectivity index (χ1) is 15.9. The van der Waals surface area contributed by atoms with E-state index in [0.717, 1.165) is 11.3 Å². The maximum absolute atomic E-state index is 13.1. The Balaban J connectivity index is 1.26. The molecule has 1 aromatic carbocycles. The van der Waals surface area contributed by atoms with E-state index in [2.05, 4.69) is 5.32 Å². The number of rotatable bonds is 7. The average Bonchev–Trinajstić information content (AvgIpc) is 3.24. The Morgan fingerprint density at radius 2 is 1.88 bits per heavy atom. The molecule has 4 rings (SSSR count). The molecule has 11 heteroatoms. The summed E-state index contributed by atoms with van der Waals surface area (Å²) in [4.78, 5) is 25.4. The number of fused-ring (bicyclic) bond motifs is 1. The molecule has 0 unspecified atom stereocenters. The Labute approximate surface area is 196 Å². The third-order valence-electron chi connectivity index (χ3n) is 5.53. The van der Waals surface area contributed by atoms with Crippen LogP contribution in [0.2, 0.25) is 0 Å². The second kappa shape index (κ2) is 10.5. The van der Waals surface area contributed by atoms with E-state index >= 15 is 0 Å². The third kappa shape index (κ3) is 5.84. The average molecular weight is 495 g/mol. The number of hydrogen-bond donors (Lipinski definition) is 1. The second-order valence-electron chi connectivity index (χ2n) is 7.80. The van der Waals surface area contributed by atoms with Gasteiger partial charge in [-0.15, -0.1) is 11.3 Å². The summed E-state index contributed by atoms with van der Waals surface area (Å²) in [7, 11) is -3.73. The Bertz CT molecular complexity index is 1080. The van der Waals surface area contributed by atoms with Crippen LogP contribution in [0.15, 0.2) is 40.6 Å². The molecule has 0 aliphatic carbocycles. The van der Waals surface area contributed by atoms with E-state index in [4.69, 9.17) is 14.2 Å². The monoisotopic (exact) mass is 494 g/mol. The van der Waals surface area contributed by atoms with Crippen molar-refractivity contribution in [2.45, 2.75) is 30.7 Å². The fourth-order valence-electron chi connectivity index (χ4n) is 3.69. The molecule has 0 spiro atoms. The number of thiophene rings is 1. The molecule has 1 amide bonds. The number of nitrogens with zero attached hydrogens (tertiary/aromatic N) is 1. The van der Waals surface area contributed by atoms with E-state index in [-0.39, 0.29) is 30.5 Å². The Morgan fingerprint density at radius 3 is 2.61 bits per heavy atom. The van der Waals surface area contributed by atoms with Gasteiger partial charge in [0.1, 0.15) is 0 Å². The highest BCUT2D eigenvalue weighted by Gasteiger charge is 2.33. The van der Waals surface area contributed by atoms with Crippen LogP contribution in [0.3, 0.4) is 0 Å². The van der Waals surface area contributed by atoms with Crippen molar-refractivity contribution in [3.8, 4) is 11.5 Å². The zero-order valence-corrected chi connectivity index (χ0v) is 19.7. The zero-order chi connectivity index (χ0) is 23.3. The van der Waals surface area contributed by atoms with Gasteiger partial charge in [-0.25, -0.2) is 8.42 Å². The first-order valence-electron chi connectivity index (χ1n) is 10.8. The molecular formula is C22H26N2O7S2. The zero-order valence-electron chi connectivity index (χ0n) is 18.0. The van der Waals surface area contributed by atoms with Gasteiger partial charge >= 0.3 is 5.97 Å². The normalized spacial score (nSPS) is 17.2. The highest BCUT2D eigenvalue weighted by molar-refractivity contribution is 7.89. The molecule has 1 saturated heterocycles. The van der Waals surface area contributed by atoms with Gasteiger partial charge in [-0.2, -0.15) is 4.31 Å². The molecule has 178 valence electrons. The van der Waals surface area contributed by atoms with Crippen molar-refractivity contribution in [3.63, 3.8) is 0 Å². The minimum absolute atomic E-state index is 0.134. The highest BCUT2D eigenvalue weighted by Crippen LogP contribution is 2.33. The molecule has 2 aromatic rings. The summed E-state index contributed by atoms with van der Waals surface area (Å²) < 4.78 is 43.8. The van der Waals surface area contributed by atoms with Gasteiger partial charge in [0.05, 0.1) is 30.6 Å². The molecule has 1 aromatic heterocycles. The molecule has 0 atom stereocenters. The first kappa shape index (κ1) is 23.5. The van der Waals surface area contributed by atoms with Crippen LogP contribution in [0.4, 0.5) is 0 Å². The smallest absolute Gasteiger partial charge is 0.309 e. The van der Waals surface area contributed by atoms with E-state index in [1.165, 1.54) is 27.8 Å². The molecule has 0 saturated carbocycles. The van der Waals surface area contributed by atoms with Crippen LogP contribution in [0.1, 0.15) is 24.1 Å². The molecule has 2 aliphatic heterocycles. The fraction of sp³-hybridized carbons (Fsp3) is 0.455. The molecule has 0 radical (unpaired) electrons. The fourth-order valence-corrected chi connectivity index (χ4v) is 5.82. The summed E-state index contributed by atoms with van der Waals surface area (Å²) in [5, 5.41) is 4.62. The van der Waals surface area contributed by atoms with Gasteiger partial charge in [0.2, 0.25) is 10.0 Å². The van der Waals surface area contributed by atoms with Gasteiger partial charge in [0, 0.05) is 30.5 Å². The molecular weight excluding hydrogens is 468 g/mol. The van der Waals surface area contributed by atoms with Gasteiger partial charge < -0.3 is 19.5 Å². The number of hydrogen-bond acceptors (Lipinski definition) is 8. The van der Waals surface area contributed by atoms with E-state index < -0.39 is 21.9 Å². The minimum Gasteiger partial charge on any atom is -0.490 e. The van der Waals surface area contributed by atoms with E-state index in [1.54, 1.807) is 6.07 Å². The van der Waals surface area contributed by atoms with Crippen LogP contribution in [-0.4, -0.2) is 57.5 Å². The topological polar surface area (TPSA) is 111 Å². The van der Waals surface area contributed by atoms with E-state index in [9.17, 15) is 18.0 Å². The highest BCUT2D eigenvalue weighted by atomic mass is 32.2. The van der Waals surface area contributed by atoms with Crippen molar-refractivity contribution < 1.29 is 32.2 Å². The van der Waals surface area contributed by atoms with Gasteiger partial charge in [-0.05, 0) is 36.4 Å². The summed E-state index contributed by atoms with van der Waals surface area (Å²) in [5.74, 6) is -0.331. The van der Waals surface area contributed by atoms with Gasteiger partial charge in [0.25, 0.3) is 5.91 Å². The number of carbonyl (C=O) groups is 2. The van der Waals surface area contributed by atoms with Crippen LogP contribution in [0.5, 0.6) is 11.5 Å². The summed E-state index contributed by atoms with van der Waals surface area (Å²) in [6.45, 7) is 1.43. The van der Waals surface area contributed by atoms with Crippen molar-refractivity contribution in [3.05, 3.63) is 40.6 Å². The Kier molecular flexibility index (Phi) is 7.51. The van der Waals surface area contributed by atoms with Crippen LogP contribution < -0.4 is 14.8 Å². The second-order valence-corrected chi connectivity index (χ2v) is 10.8. The lowest BCUT2D eigenvalue weighted by molar-refractivity contribution is -0.153. The molecule has 2 aliphatic rings. The molecule has 0 bridgehead atoms. The van der Waals surface area contributed by atoms with Crippen molar-refractivity contribution in [1.29, 1.82) is 0 Å². The predicted octanol–water partition coefficient (Wildman–Crippen LogP) is 2.17. The number of ether oxygens (including phenoxy) is 3.